The number of carbonyl (C=O) groups is 1. The molecule has 112 valence electrons. The normalized spacial score (nSPS) is 11.8. The molecule has 0 saturated heterocycles. The summed E-state index contributed by atoms with van der Waals surface area (Å²) in [5, 5.41) is 5.81. The van der Waals surface area contributed by atoms with Crippen molar-refractivity contribution >= 4 is 17.4 Å². The molecule has 2 amide bonds. The van der Waals surface area contributed by atoms with Gasteiger partial charge in [0.15, 0.2) is 0 Å². The zero-order chi connectivity index (χ0) is 15.0. The van der Waals surface area contributed by atoms with Gasteiger partial charge < -0.3 is 20.3 Å². The Labute approximate surface area is 121 Å². The van der Waals surface area contributed by atoms with Gasteiger partial charge in [-0.25, -0.2) is 4.79 Å². The number of benzene rings is 1. The van der Waals surface area contributed by atoms with Crippen LogP contribution in [0.2, 0.25) is 0 Å². The molecular formula is C15H25N3O2. The second-order valence-electron chi connectivity index (χ2n) is 4.69. The summed E-state index contributed by atoms with van der Waals surface area (Å²) in [6, 6.07) is 7.59. The number of rotatable bonds is 7. The minimum absolute atomic E-state index is 0.0241. The lowest BCUT2D eigenvalue weighted by atomic mass is 10.2. The predicted octanol–water partition coefficient (Wildman–Crippen LogP) is 2.69. The molecule has 20 heavy (non-hydrogen) atoms. The van der Waals surface area contributed by atoms with E-state index in [9.17, 15) is 4.79 Å². The van der Waals surface area contributed by atoms with E-state index in [-0.39, 0.29) is 12.1 Å². The predicted molar refractivity (Wildman–Crippen MR) is 83.5 cm³/mol. The molecule has 2 N–H and O–H groups in total. The fourth-order valence-corrected chi connectivity index (χ4v) is 1.89. The van der Waals surface area contributed by atoms with Crippen LogP contribution in [0, 0.1) is 0 Å². The molecule has 1 rings (SSSR count). The van der Waals surface area contributed by atoms with Crippen LogP contribution in [0.4, 0.5) is 16.2 Å². The Kier molecular flexibility index (Phi) is 6.87. The highest BCUT2D eigenvalue weighted by molar-refractivity contribution is 5.93. The van der Waals surface area contributed by atoms with Gasteiger partial charge in [-0.1, -0.05) is 19.1 Å². The van der Waals surface area contributed by atoms with Gasteiger partial charge in [0.05, 0.1) is 24.0 Å². The van der Waals surface area contributed by atoms with Crippen molar-refractivity contribution in [1.29, 1.82) is 0 Å². The van der Waals surface area contributed by atoms with Gasteiger partial charge in [0.25, 0.3) is 0 Å². The standard InChI is InChI=1S/C15H25N3O2/c1-5-12(11-20-4)16-15(19)17-13-9-7-8-10-14(13)18(3)6-2/h7-10,12H,5-6,11H2,1-4H3,(H2,16,17,19). The van der Waals surface area contributed by atoms with Gasteiger partial charge in [0.2, 0.25) is 0 Å². The van der Waals surface area contributed by atoms with Crippen molar-refractivity contribution in [2.75, 3.05) is 37.5 Å². The number of carbonyl (C=O) groups excluding carboxylic acids is 1. The Morgan fingerprint density at radius 2 is 2.05 bits per heavy atom. The molecule has 1 unspecified atom stereocenters. The summed E-state index contributed by atoms with van der Waals surface area (Å²) in [4.78, 5) is 14.1. The van der Waals surface area contributed by atoms with E-state index in [1.807, 2.05) is 38.2 Å². The Hall–Kier alpha value is -1.75. The summed E-state index contributed by atoms with van der Waals surface area (Å²) in [7, 11) is 3.63. The largest absolute Gasteiger partial charge is 0.383 e. The zero-order valence-corrected chi connectivity index (χ0v) is 12.8. The van der Waals surface area contributed by atoms with Crippen LogP contribution in [-0.2, 0) is 4.74 Å². The summed E-state index contributed by atoms with van der Waals surface area (Å²) >= 11 is 0. The van der Waals surface area contributed by atoms with Crippen molar-refractivity contribution in [2.24, 2.45) is 0 Å². The fraction of sp³-hybridized carbons (Fsp3) is 0.533. The highest BCUT2D eigenvalue weighted by Crippen LogP contribution is 2.24. The van der Waals surface area contributed by atoms with Crippen molar-refractivity contribution in [2.45, 2.75) is 26.3 Å². The zero-order valence-electron chi connectivity index (χ0n) is 12.8. The number of hydrogen-bond acceptors (Lipinski definition) is 3. The molecule has 5 heteroatoms. The summed E-state index contributed by atoms with van der Waals surface area (Å²) in [6.45, 7) is 5.48. The lowest BCUT2D eigenvalue weighted by molar-refractivity contribution is 0.165. The SMILES string of the molecule is CCC(COC)NC(=O)Nc1ccccc1N(C)CC. The number of methoxy groups -OCH3 is 1. The van der Waals surface area contributed by atoms with Crippen molar-refractivity contribution in [3.05, 3.63) is 24.3 Å². The first-order chi connectivity index (χ1) is 9.62. The molecule has 0 fully saturated rings. The first-order valence-electron chi connectivity index (χ1n) is 6.98. The highest BCUT2D eigenvalue weighted by atomic mass is 16.5. The number of amides is 2. The molecular weight excluding hydrogens is 254 g/mol. The Morgan fingerprint density at radius 3 is 2.65 bits per heavy atom. The average molecular weight is 279 g/mol. The fourth-order valence-electron chi connectivity index (χ4n) is 1.89. The van der Waals surface area contributed by atoms with Gasteiger partial charge >= 0.3 is 6.03 Å². The molecule has 1 aromatic rings. The van der Waals surface area contributed by atoms with Gasteiger partial charge in [-0.3, -0.25) is 0 Å². The van der Waals surface area contributed by atoms with Gasteiger partial charge in [0, 0.05) is 20.7 Å². The van der Waals surface area contributed by atoms with E-state index in [2.05, 4.69) is 22.5 Å². The minimum Gasteiger partial charge on any atom is -0.383 e. The molecule has 0 spiro atoms. The topological polar surface area (TPSA) is 53.6 Å². The number of nitrogens with one attached hydrogen (secondary N) is 2. The van der Waals surface area contributed by atoms with Crippen LogP contribution >= 0.6 is 0 Å². The van der Waals surface area contributed by atoms with Crippen LogP contribution in [0.25, 0.3) is 0 Å². The third-order valence-corrected chi connectivity index (χ3v) is 3.23. The molecule has 0 saturated carbocycles. The number of ether oxygens (including phenoxy) is 1. The van der Waals surface area contributed by atoms with E-state index in [4.69, 9.17) is 4.74 Å². The quantitative estimate of drug-likeness (QED) is 0.807. The van der Waals surface area contributed by atoms with Gasteiger partial charge in [-0.05, 0) is 25.5 Å². The molecule has 0 aromatic heterocycles. The van der Waals surface area contributed by atoms with Crippen molar-refractivity contribution < 1.29 is 9.53 Å². The molecule has 0 aliphatic carbocycles. The Balaban J connectivity index is 2.70. The third-order valence-electron chi connectivity index (χ3n) is 3.23. The molecule has 0 heterocycles. The van der Waals surface area contributed by atoms with Crippen LogP contribution in [0.1, 0.15) is 20.3 Å². The lowest BCUT2D eigenvalue weighted by Gasteiger charge is -2.22. The third kappa shape index (κ3) is 4.74. The van der Waals surface area contributed by atoms with Gasteiger partial charge in [-0.15, -0.1) is 0 Å². The minimum atomic E-state index is -0.203. The first kappa shape index (κ1) is 16.3. The molecule has 1 atom stereocenters. The van der Waals surface area contributed by atoms with E-state index < -0.39 is 0 Å². The van der Waals surface area contributed by atoms with E-state index in [0.717, 1.165) is 24.3 Å². The Morgan fingerprint density at radius 1 is 1.35 bits per heavy atom. The molecule has 0 bridgehead atoms. The molecule has 1 aromatic carbocycles. The maximum atomic E-state index is 12.0. The summed E-state index contributed by atoms with van der Waals surface area (Å²) < 4.78 is 5.07. The second-order valence-corrected chi connectivity index (χ2v) is 4.69. The van der Waals surface area contributed by atoms with Gasteiger partial charge in [-0.2, -0.15) is 0 Å². The molecule has 0 aliphatic heterocycles. The smallest absolute Gasteiger partial charge is 0.319 e. The number of nitrogens with zero attached hydrogens (tertiary/aromatic N) is 1. The first-order valence-corrected chi connectivity index (χ1v) is 6.98. The van der Waals surface area contributed by atoms with Crippen LogP contribution in [0.3, 0.4) is 0 Å². The van der Waals surface area contributed by atoms with Crippen LogP contribution < -0.4 is 15.5 Å². The molecule has 5 nitrogen and oxygen atoms in total. The number of urea groups is 1. The maximum Gasteiger partial charge on any atom is 0.319 e. The number of anilines is 2. The Bertz CT molecular complexity index is 423. The van der Waals surface area contributed by atoms with Crippen molar-refractivity contribution in [3.8, 4) is 0 Å². The maximum absolute atomic E-state index is 12.0. The van der Waals surface area contributed by atoms with Gasteiger partial charge in [0.1, 0.15) is 0 Å². The van der Waals surface area contributed by atoms with Crippen LogP contribution in [0.5, 0.6) is 0 Å². The lowest BCUT2D eigenvalue weighted by Crippen LogP contribution is -2.40. The molecule has 0 radical (unpaired) electrons. The van der Waals surface area contributed by atoms with Crippen molar-refractivity contribution in [1.82, 2.24) is 5.32 Å². The number of para-hydroxylation sites is 2. The van der Waals surface area contributed by atoms with E-state index in [0.29, 0.717) is 6.61 Å². The summed E-state index contributed by atoms with van der Waals surface area (Å²) in [6.07, 6.45) is 0.831. The van der Waals surface area contributed by atoms with E-state index >= 15 is 0 Å². The highest BCUT2D eigenvalue weighted by Gasteiger charge is 2.12. The van der Waals surface area contributed by atoms with E-state index in [1.54, 1.807) is 7.11 Å². The second kappa shape index (κ2) is 8.43. The summed E-state index contributed by atoms with van der Waals surface area (Å²) in [5.74, 6) is 0. The average Bonchev–Trinajstić information content (AvgIpc) is 2.46. The van der Waals surface area contributed by atoms with Crippen LogP contribution in [0.15, 0.2) is 24.3 Å². The van der Waals surface area contributed by atoms with Crippen LogP contribution in [-0.4, -0.2) is 39.4 Å². The number of hydrogen-bond donors (Lipinski definition) is 2. The monoisotopic (exact) mass is 279 g/mol. The summed E-state index contributed by atoms with van der Waals surface area (Å²) in [5.41, 5.74) is 1.81. The molecule has 0 aliphatic rings. The van der Waals surface area contributed by atoms with Crippen molar-refractivity contribution in [3.63, 3.8) is 0 Å². The van der Waals surface area contributed by atoms with E-state index in [1.165, 1.54) is 0 Å².